The third-order valence-electron chi connectivity index (χ3n) is 6.45. The van der Waals surface area contributed by atoms with Crippen LogP contribution in [-0.4, -0.2) is 53.8 Å². The lowest BCUT2D eigenvalue weighted by molar-refractivity contribution is -0.132. The summed E-state index contributed by atoms with van der Waals surface area (Å²) in [5, 5.41) is 3.31. The summed E-state index contributed by atoms with van der Waals surface area (Å²) in [6.45, 7) is 1.40. The van der Waals surface area contributed by atoms with Gasteiger partial charge in [-0.15, -0.1) is 0 Å². The lowest BCUT2D eigenvalue weighted by Gasteiger charge is -2.31. The van der Waals surface area contributed by atoms with Crippen LogP contribution in [0.3, 0.4) is 0 Å². The number of carbonyl (C=O) groups excluding carboxylic acids is 2. The van der Waals surface area contributed by atoms with Crippen molar-refractivity contribution in [2.45, 2.75) is 70.4 Å². The molecule has 0 aromatic heterocycles. The van der Waals surface area contributed by atoms with Gasteiger partial charge in [0.25, 0.3) is 0 Å². The van der Waals surface area contributed by atoms with Gasteiger partial charge in [-0.05, 0) is 44.2 Å². The molecule has 168 valence electrons. The summed E-state index contributed by atoms with van der Waals surface area (Å²) in [6, 6.07) is 4.15. The lowest BCUT2D eigenvalue weighted by Crippen LogP contribution is -2.38. The second kappa shape index (κ2) is 9.90. The summed E-state index contributed by atoms with van der Waals surface area (Å²) in [5.41, 5.74) is 1.65. The number of hydrogen-bond donors (Lipinski definition) is 1. The monoisotopic (exact) mass is 446 g/mol. The van der Waals surface area contributed by atoms with Crippen molar-refractivity contribution >= 4 is 35.1 Å². The van der Waals surface area contributed by atoms with Crippen LogP contribution in [0.4, 0.5) is 5.69 Å². The van der Waals surface area contributed by atoms with E-state index in [2.05, 4.69) is 10.3 Å². The highest BCUT2D eigenvalue weighted by Crippen LogP contribution is 2.38. The molecule has 0 radical (unpaired) electrons. The fourth-order valence-corrected chi connectivity index (χ4v) is 4.84. The maximum absolute atomic E-state index is 12.4. The molecule has 1 aliphatic carbocycles. The van der Waals surface area contributed by atoms with Crippen molar-refractivity contribution in [3.05, 3.63) is 22.7 Å². The van der Waals surface area contributed by atoms with Crippen molar-refractivity contribution < 1.29 is 14.3 Å². The molecular formula is C23H31ClN4O3. The molecule has 1 saturated carbocycles. The molecule has 7 nitrogen and oxygen atoms in total. The molecular weight excluding hydrogens is 416 g/mol. The van der Waals surface area contributed by atoms with Crippen LogP contribution in [0.2, 0.25) is 5.02 Å². The van der Waals surface area contributed by atoms with Crippen molar-refractivity contribution in [2.75, 3.05) is 20.2 Å². The Bertz CT molecular complexity index is 867. The smallest absolute Gasteiger partial charge is 0.246 e. The molecule has 0 atom stereocenters. The normalized spacial score (nSPS) is 18.2. The van der Waals surface area contributed by atoms with E-state index in [0.717, 1.165) is 43.4 Å². The van der Waals surface area contributed by atoms with E-state index in [-0.39, 0.29) is 11.8 Å². The first-order chi connectivity index (χ1) is 15.0. The summed E-state index contributed by atoms with van der Waals surface area (Å²) < 4.78 is 5.91. The maximum Gasteiger partial charge on any atom is 0.246 e. The number of amides is 2. The molecule has 4 rings (SSSR count). The number of halogens is 1. The second-order valence-electron chi connectivity index (χ2n) is 8.67. The van der Waals surface area contributed by atoms with Crippen molar-refractivity contribution in [1.82, 2.24) is 15.1 Å². The molecule has 2 heterocycles. The quantitative estimate of drug-likeness (QED) is 0.612. The number of hydrogen-bond acceptors (Lipinski definition) is 5. The minimum Gasteiger partial charge on any atom is -0.492 e. The third kappa shape index (κ3) is 5.14. The zero-order valence-electron chi connectivity index (χ0n) is 18.2. The van der Waals surface area contributed by atoms with E-state index >= 15 is 0 Å². The van der Waals surface area contributed by atoms with Gasteiger partial charge in [0.15, 0.2) is 0 Å². The number of nitrogens with one attached hydrogen (secondary N) is 1. The molecule has 2 fully saturated rings. The molecule has 2 amide bonds. The number of unbranched alkanes of at least 4 members (excludes halogenated alkanes) is 2. The molecule has 1 aromatic rings. The Balaban J connectivity index is 1.19. The molecule has 8 heteroatoms. The first kappa shape index (κ1) is 21.9. The molecule has 0 spiro atoms. The number of aliphatic imine (C=N–C) groups is 1. The van der Waals surface area contributed by atoms with Crippen LogP contribution < -0.4 is 10.1 Å². The van der Waals surface area contributed by atoms with Crippen LogP contribution in [0.15, 0.2) is 17.1 Å². The van der Waals surface area contributed by atoms with Gasteiger partial charge in [-0.2, -0.15) is 0 Å². The maximum atomic E-state index is 12.4. The number of benzene rings is 1. The summed E-state index contributed by atoms with van der Waals surface area (Å²) >= 11 is 6.57. The van der Waals surface area contributed by atoms with Crippen molar-refractivity contribution in [3.63, 3.8) is 0 Å². The van der Waals surface area contributed by atoms with E-state index in [1.807, 2.05) is 29.0 Å². The lowest BCUT2D eigenvalue weighted by atomic mass is 9.94. The second-order valence-corrected chi connectivity index (χ2v) is 9.05. The third-order valence-corrected chi connectivity index (χ3v) is 6.87. The number of guanidine groups is 1. The van der Waals surface area contributed by atoms with Gasteiger partial charge in [-0.3, -0.25) is 14.9 Å². The molecule has 1 saturated heterocycles. The molecule has 1 aromatic carbocycles. The molecule has 31 heavy (non-hydrogen) atoms. The highest BCUT2D eigenvalue weighted by Gasteiger charge is 2.30. The Labute approximate surface area is 188 Å². The van der Waals surface area contributed by atoms with E-state index in [1.54, 1.807) is 0 Å². The molecule has 3 aliphatic rings. The van der Waals surface area contributed by atoms with Crippen molar-refractivity contribution in [1.29, 1.82) is 0 Å². The van der Waals surface area contributed by atoms with Gasteiger partial charge in [0, 0.05) is 25.1 Å². The van der Waals surface area contributed by atoms with Gasteiger partial charge in [-0.25, -0.2) is 4.99 Å². The van der Waals surface area contributed by atoms with Gasteiger partial charge < -0.3 is 14.5 Å². The molecule has 2 aliphatic heterocycles. The Hall–Kier alpha value is -2.28. The van der Waals surface area contributed by atoms with Crippen molar-refractivity contribution in [2.24, 2.45) is 4.99 Å². The molecule has 0 bridgehead atoms. The largest absolute Gasteiger partial charge is 0.492 e. The SMILES string of the molecule is CN(C(=O)CCCCCOc1ccc2c(c1Cl)CN1CC(=O)NC1=N2)C1CCCCC1. The summed E-state index contributed by atoms with van der Waals surface area (Å²) in [4.78, 5) is 32.3. The van der Waals surface area contributed by atoms with E-state index in [4.69, 9.17) is 16.3 Å². The summed E-state index contributed by atoms with van der Waals surface area (Å²) in [5.74, 6) is 1.44. The predicted molar refractivity (Wildman–Crippen MR) is 121 cm³/mol. The van der Waals surface area contributed by atoms with Gasteiger partial charge in [0.1, 0.15) is 12.3 Å². The number of nitrogens with zero attached hydrogens (tertiary/aromatic N) is 3. The van der Waals surface area contributed by atoms with E-state index in [1.165, 1.54) is 19.3 Å². The minimum atomic E-state index is -0.0532. The van der Waals surface area contributed by atoms with Crippen LogP contribution in [0.5, 0.6) is 5.75 Å². The molecule has 0 unspecified atom stereocenters. The Morgan fingerprint density at radius 3 is 2.84 bits per heavy atom. The van der Waals surface area contributed by atoms with Gasteiger partial charge in [0.05, 0.1) is 23.9 Å². The average Bonchev–Trinajstić information content (AvgIpc) is 3.15. The first-order valence-corrected chi connectivity index (χ1v) is 11.7. The highest BCUT2D eigenvalue weighted by atomic mass is 35.5. The fraction of sp³-hybridized carbons (Fsp3) is 0.609. The van der Waals surface area contributed by atoms with Crippen LogP contribution in [-0.2, 0) is 16.1 Å². The number of rotatable bonds is 8. The first-order valence-electron chi connectivity index (χ1n) is 11.4. The van der Waals surface area contributed by atoms with Gasteiger partial charge in [0.2, 0.25) is 17.8 Å². The predicted octanol–water partition coefficient (Wildman–Crippen LogP) is 4.00. The number of ether oxygens (including phenoxy) is 1. The number of fused-ring (bicyclic) bond motifs is 2. The van der Waals surface area contributed by atoms with Crippen LogP contribution in [0, 0.1) is 0 Å². The minimum absolute atomic E-state index is 0.0532. The summed E-state index contributed by atoms with van der Waals surface area (Å²) in [7, 11) is 1.96. The average molecular weight is 447 g/mol. The summed E-state index contributed by atoms with van der Waals surface area (Å²) in [6.07, 6.45) is 9.39. The number of carbonyl (C=O) groups is 2. The fourth-order valence-electron chi connectivity index (χ4n) is 4.57. The van der Waals surface area contributed by atoms with Crippen LogP contribution in [0.1, 0.15) is 63.4 Å². The van der Waals surface area contributed by atoms with Crippen molar-refractivity contribution in [3.8, 4) is 5.75 Å². The zero-order valence-corrected chi connectivity index (χ0v) is 18.9. The Morgan fingerprint density at radius 2 is 2.03 bits per heavy atom. The Kier molecular flexibility index (Phi) is 7.00. The standard InChI is InChI=1S/C23H31ClN4O3/c1-27(16-8-4-2-5-9-16)21(30)10-6-3-7-13-31-19-12-11-18-17(22(19)24)14-28-15-20(29)26-23(28)25-18/h11-12,16H,2-10,13-15H2,1H3,(H,25,26,29). The Morgan fingerprint density at radius 1 is 1.23 bits per heavy atom. The van der Waals surface area contributed by atoms with Gasteiger partial charge >= 0.3 is 0 Å². The van der Waals surface area contributed by atoms with E-state index in [0.29, 0.717) is 48.9 Å². The van der Waals surface area contributed by atoms with Crippen LogP contribution >= 0.6 is 11.6 Å². The topological polar surface area (TPSA) is 74.2 Å². The van der Waals surface area contributed by atoms with E-state index < -0.39 is 0 Å². The zero-order chi connectivity index (χ0) is 21.8. The van der Waals surface area contributed by atoms with E-state index in [9.17, 15) is 9.59 Å². The van der Waals surface area contributed by atoms with Gasteiger partial charge in [-0.1, -0.05) is 30.9 Å². The molecule has 1 N–H and O–H groups in total. The van der Waals surface area contributed by atoms with Crippen LogP contribution in [0.25, 0.3) is 0 Å². The highest BCUT2D eigenvalue weighted by molar-refractivity contribution is 6.33.